The van der Waals surface area contributed by atoms with E-state index in [1.54, 1.807) is 0 Å². The van der Waals surface area contributed by atoms with E-state index >= 15 is 0 Å². The van der Waals surface area contributed by atoms with E-state index in [1.807, 2.05) is 6.92 Å². The summed E-state index contributed by atoms with van der Waals surface area (Å²) in [5, 5.41) is 11.9. The predicted molar refractivity (Wildman–Crippen MR) is 89.7 cm³/mol. The third kappa shape index (κ3) is 5.45. The van der Waals surface area contributed by atoms with Crippen LogP contribution in [0.3, 0.4) is 0 Å². The molecular weight excluding hydrogens is 274 g/mol. The maximum Gasteiger partial charge on any atom is 0.220 e. The number of rotatable bonds is 7. The Morgan fingerprint density at radius 1 is 1.23 bits per heavy atom. The van der Waals surface area contributed by atoms with E-state index in [2.05, 4.69) is 35.6 Å². The molecule has 0 bridgehead atoms. The van der Waals surface area contributed by atoms with Gasteiger partial charge in [0.2, 0.25) is 5.91 Å². The molecule has 0 aliphatic heterocycles. The second-order valence-corrected chi connectivity index (χ2v) is 6.67. The first-order valence-electron chi connectivity index (χ1n) is 8.64. The molecule has 1 unspecified atom stereocenters. The summed E-state index contributed by atoms with van der Waals surface area (Å²) in [6.45, 7) is 2.21. The van der Waals surface area contributed by atoms with Crippen molar-refractivity contribution >= 4 is 5.91 Å². The molecule has 1 aliphatic carbocycles. The van der Waals surface area contributed by atoms with Crippen molar-refractivity contribution in [3.05, 3.63) is 35.9 Å². The van der Waals surface area contributed by atoms with Crippen molar-refractivity contribution in [1.82, 2.24) is 5.32 Å². The molecule has 122 valence electrons. The molecule has 0 heterocycles. The minimum absolute atomic E-state index is 0.167. The molecule has 1 amide bonds. The first-order valence-corrected chi connectivity index (χ1v) is 8.64. The molecule has 1 aromatic carbocycles. The smallest absolute Gasteiger partial charge is 0.220 e. The second kappa shape index (κ2) is 8.94. The number of benzene rings is 1. The fraction of sp³-hybridized carbons (Fsp3) is 0.632. The third-order valence-corrected chi connectivity index (χ3v) is 4.79. The second-order valence-electron chi connectivity index (χ2n) is 6.67. The highest BCUT2D eigenvalue weighted by atomic mass is 16.3. The van der Waals surface area contributed by atoms with Gasteiger partial charge >= 0.3 is 0 Å². The SMILES string of the molecule is CC(CCCO)NC(=O)CC1CCC(c2ccccc2)CC1. The minimum atomic E-state index is 0.167. The minimum Gasteiger partial charge on any atom is -0.396 e. The molecule has 0 radical (unpaired) electrons. The van der Waals surface area contributed by atoms with Crippen LogP contribution < -0.4 is 5.32 Å². The zero-order valence-corrected chi connectivity index (χ0v) is 13.6. The number of aliphatic hydroxyl groups excluding tert-OH is 1. The van der Waals surface area contributed by atoms with E-state index in [0.29, 0.717) is 18.3 Å². The average molecular weight is 303 g/mol. The number of hydrogen-bond donors (Lipinski definition) is 2. The van der Waals surface area contributed by atoms with Crippen molar-refractivity contribution in [3.63, 3.8) is 0 Å². The van der Waals surface area contributed by atoms with Gasteiger partial charge in [0.25, 0.3) is 0 Å². The lowest BCUT2D eigenvalue weighted by Gasteiger charge is -2.28. The van der Waals surface area contributed by atoms with Crippen LogP contribution in [0, 0.1) is 5.92 Å². The Hall–Kier alpha value is -1.35. The Kier molecular flexibility index (Phi) is 6.91. The van der Waals surface area contributed by atoms with E-state index < -0.39 is 0 Å². The normalized spacial score (nSPS) is 23.0. The number of aliphatic hydroxyl groups is 1. The standard InChI is InChI=1S/C19H29NO2/c1-15(6-5-13-21)20-19(22)14-16-9-11-18(12-10-16)17-7-3-2-4-8-17/h2-4,7-8,15-16,18,21H,5-6,9-14H2,1H3,(H,20,22). The van der Waals surface area contributed by atoms with Crippen molar-refractivity contribution in [2.75, 3.05) is 6.61 Å². The molecule has 1 aromatic rings. The fourth-order valence-electron chi connectivity index (χ4n) is 3.49. The van der Waals surface area contributed by atoms with Crippen molar-refractivity contribution in [1.29, 1.82) is 0 Å². The van der Waals surface area contributed by atoms with Crippen molar-refractivity contribution < 1.29 is 9.90 Å². The molecule has 3 nitrogen and oxygen atoms in total. The van der Waals surface area contributed by atoms with E-state index in [1.165, 1.54) is 18.4 Å². The quantitative estimate of drug-likeness (QED) is 0.808. The van der Waals surface area contributed by atoms with E-state index in [-0.39, 0.29) is 18.6 Å². The summed E-state index contributed by atoms with van der Waals surface area (Å²) in [5.41, 5.74) is 1.45. The molecule has 1 atom stereocenters. The summed E-state index contributed by atoms with van der Waals surface area (Å²) >= 11 is 0. The predicted octanol–water partition coefficient (Wildman–Crippen LogP) is 3.63. The van der Waals surface area contributed by atoms with Gasteiger partial charge < -0.3 is 10.4 Å². The number of hydrogen-bond acceptors (Lipinski definition) is 2. The van der Waals surface area contributed by atoms with Gasteiger partial charge in [-0.2, -0.15) is 0 Å². The molecule has 2 N–H and O–H groups in total. The number of carbonyl (C=O) groups is 1. The summed E-state index contributed by atoms with van der Waals surface area (Å²) < 4.78 is 0. The Bertz CT molecular complexity index is 438. The fourth-order valence-corrected chi connectivity index (χ4v) is 3.49. The molecule has 0 aromatic heterocycles. The van der Waals surface area contributed by atoms with Gasteiger partial charge in [0.15, 0.2) is 0 Å². The monoisotopic (exact) mass is 303 g/mol. The summed E-state index contributed by atoms with van der Waals surface area (Å²) in [6.07, 6.45) is 6.96. The number of carbonyl (C=O) groups excluding carboxylic acids is 1. The van der Waals surface area contributed by atoms with Gasteiger partial charge in [-0.25, -0.2) is 0 Å². The first kappa shape index (κ1) is 17.0. The molecular formula is C19H29NO2. The molecule has 2 rings (SSSR count). The van der Waals surface area contributed by atoms with Gasteiger partial charge in [0.05, 0.1) is 0 Å². The van der Waals surface area contributed by atoms with Gasteiger partial charge in [-0.1, -0.05) is 30.3 Å². The summed E-state index contributed by atoms with van der Waals surface area (Å²) in [7, 11) is 0. The van der Waals surface area contributed by atoms with Crippen LogP contribution in [0.15, 0.2) is 30.3 Å². The average Bonchev–Trinajstić information content (AvgIpc) is 2.54. The van der Waals surface area contributed by atoms with Crippen LogP contribution in [0.25, 0.3) is 0 Å². The highest BCUT2D eigenvalue weighted by molar-refractivity contribution is 5.76. The van der Waals surface area contributed by atoms with Crippen molar-refractivity contribution in [3.8, 4) is 0 Å². The van der Waals surface area contributed by atoms with Gasteiger partial charge in [-0.3, -0.25) is 4.79 Å². The largest absolute Gasteiger partial charge is 0.396 e. The number of amides is 1. The van der Waals surface area contributed by atoms with Gasteiger partial charge in [0.1, 0.15) is 0 Å². The molecule has 1 fully saturated rings. The highest BCUT2D eigenvalue weighted by Gasteiger charge is 2.24. The summed E-state index contributed by atoms with van der Waals surface area (Å²) in [6, 6.07) is 10.9. The topological polar surface area (TPSA) is 49.3 Å². The Balaban J connectivity index is 1.70. The van der Waals surface area contributed by atoms with Crippen LogP contribution in [0.2, 0.25) is 0 Å². The zero-order chi connectivity index (χ0) is 15.8. The van der Waals surface area contributed by atoms with Gasteiger partial charge in [-0.05, 0) is 62.8 Å². The van der Waals surface area contributed by atoms with Gasteiger partial charge in [0, 0.05) is 19.1 Å². The van der Waals surface area contributed by atoms with E-state index in [0.717, 1.165) is 25.7 Å². The van der Waals surface area contributed by atoms with Crippen LogP contribution in [-0.4, -0.2) is 23.7 Å². The lowest BCUT2D eigenvalue weighted by Crippen LogP contribution is -2.34. The maximum atomic E-state index is 12.1. The third-order valence-electron chi connectivity index (χ3n) is 4.79. The van der Waals surface area contributed by atoms with Crippen LogP contribution in [-0.2, 0) is 4.79 Å². The van der Waals surface area contributed by atoms with Crippen molar-refractivity contribution in [2.45, 2.75) is 63.8 Å². The maximum absolute atomic E-state index is 12.1. The van der Waals surface area contributed by atoms with E-state index in [9.17, 15) is 4.79 Å². The Labute approximate surface area is 134 Å². The first-order chi connectivity index (χ1) is 10.7. The van der Waals surface area contributed by atoms with E-state index in [4.69, 9.17) is 5.11 Å². The van der Waals surface area contributed by atoms with Crippen LogP contribution in [0.1, 0.15) is 63.4 Å². The lowest BCUT2D eigenvalue weighted by atomic mass is 9.77. The van der Waals surface area contributed by atoms with Crippen molar-refractivity contribution in [2.24, 2.45) is 5.92 Å². The highest BCUT2D eigenvalue weighted by Crippen LogP contribution is 2.36. The van der Waals surface area contributed by atoms with Gasteiger partial charge in [-0.15, -0.1) is 0 Å². The zero-order valence-electron chi connectivity index (χ0n) is 13.6. The number of nitrogens with one attached hydrogen (secondary N) is 1. The molecule has 22 heavy (non-hydrogen) atoms. The summed E-state index contributed by atoms with van der Waals surface area (Å²) in [4.78, 5) is 12.1. The molecule has 3 heteroatoms. The van der Waals surface area contributed by atoms with Crippen LogP contribution in [0.5, 0.6) is 0 Å². The Morgan fingerprint density at radius 2 is 1.91 bits per heavy atom. The molecule has 0 spiro atoms. The Morgan fingerprint density at radius 3 is 2.55 bits per heavy atom. The molecule has 1 aliphatic rings. The van der Waals surface area contributed by atoms with Crippen LogP contribution in [0.4, 0.5) is 0 Å². The molecule has 1 saturated carbocycles. The lowest BCUT2D eigenvalue weighted by molar-refractivity contribution is -0.122. The molecule has 0 saturated heterocycles. The van der Waals surface area contributed by atoms with Crippen LogP contribution >= 0.6 is 0 Å². The summed E-state index contributed by atoms with van der Waals surface area (Å²) in [5.74, 6) is 1.38.